The Kier molecular flexibility index (Phi) is 4.50. The summed E-state index contributed by atoms with van der Waals surface area (Å²) < 4.78 is 38.1. The summed E-state index contributed by atoms with van der Waals surface area (Å²) in [6.45, 7) is 0. The van der Waals surface area contributed by atoms with E-state index in [1.807, 2.05) is 12.1 Å². The number of urea groups is 1. The summed E-state index contributed by atoms with van der Waals surface area (Å²) >= 11 is 5.64. The van der Waals surface area contributed by atoms with Crippen molar-refractivity contribution in [3.05, 3.63) is 65.3 Å². The number of nitrogens with zero attached hydrogens (tertiary/aromatic N) is 1. The predicted molar refractivity (Wildman–Crippen MR) is 90.8 cm³/mol. The molecular formula is C17H11ClF3N3O. The molecule has 0 aliphatic heterocycles. The molecule has 0 fully saturated rings. The third kappa shape index (κ3) is 3.83. The summed E-state index contributed by atoms with van der Waals surface area (Å²) in [5.41, 5.74) is 0.424. The van der Waals surface area contributed by atoms with Crippen LogP contribution in [0.3, 0.4) is 0 Å². The van der Waals surface area contributed by atoms with Crippen molar-refractivity contribution in [2.75, 3.05) is 10.6 Å². The largest absolute Gasteiger partial charge is 0.417 e. The molecule has 1 aromatic heterocycles. The van der Waals surface area contributed by atoms with Crippen molar-refractivity contribution in [1.29, 1.82) is 0 Å². The van der Waals surface area contributed by atoms with Crippen LogP contribution in [0.25, 0.3) is 10.9 Å². The van der Waals surface area contributed by atoms with E-state index < -0.39 is 22.8 Å². The van der Waals surface area contributed by atoms with Gasteiger partial charge >= 0.3 is 12.2 Å². The number of carbonyl (C=O) groups excluding carboxylic acids is 1. The van der Waals surface area contributed by atoms with Crippen LogP contribution < -0.4 is 10.6 Å². The van der Waals surface area contributed by atoms with E-state index in [4.69, 9.17) is 11.6 Å². The number of amides is 2. The van der Waals surface area contributed by atoms with Gasteiger partial charge in [-0.25, -0.2) is 4.79 Å². The summed E-state index contributed by atoms with van der Waals surface area (Å²) in [5.74, 6) is 0. The molecule has 3 rings (SSSR count). The molecule has 0 radical (unpaired) electrons. The van der Waals surface area contributed by atoms with Crippen LogP contribution in [0.2, 0.25) is 5.02 Å². The third-order valence-corrected chi connectivity index (χ3v) is 3.74. The number of fused-ring (bicyclic) bond motifs is 1. The van der Waals surface area contributed by atoms with Crippen molar-refractivity contribution in [3.63, 3.8) is 0 Å². The number of hydrogen-bond acceptors (Lipinski definition) is 2. The number of alkyl halides is 3. The average molecular weight is 366 g/mol. The summed E-state index contributed by atoms with van der Waals surface area (Å²) in [5, 5.41) is 5.35. The monoisotopic (exact) mass is 365 g/mol. The highest BCUT2D eigenvalue weighted by Gasteiger charge is 2.33. The van der Waals surface area contributed by atoms with E-state index in [1.54, 1.807) is 24.4 Å². The highest BCUT2D eigenvalue weighted by Crippen LogP contribution is 2.35. The molecule has 0 saturated heterocycles. The second kappa shape index (κ2) is 6.60. The zero-order valence-corrected chi connectivity index (χ0v) is 13.3. The molecule has 0 unspecified atom stereocenters. The fourth-order valence-corrected chi connectivity index (χ4v) is 2.60. The van der Waals surface area contributed by atoms with Gasteiger partial charge in [-0.2, -0.15) is 13.2 Å². The van der Waals surface area contributed by atoms with E-state index in [9.17, 15) is 18.0 Å². The van der Waals surface area contributed by atoms with Crippen LogP contribution >= 0.6 is 11.6 Å². The molecule has 4 nitrogen and oxygen atoms in total. The predicted octanol–water partition coefficient (Wildman–Crippen LogP) is 5.55. The number of benzene rings is 2. The zero-order valence-electron chi connectivity index (χ0n) is 12.6. The molecule has 2 N–H and O–H groups in total. The Morgan fingerprint density at radius 3 is 2.52 bits per heavy atom. The SMILES string of the molecule is O=C(Nc1ccc(C(F)(F)F)c(Cl)c1)Nc1ccnc2ccccc12. The Labute approximate surface area is 145 Å². The number of pyridine rings is 1. The molecule has 8 heteroatoms. The van der Waals surface area contributed by atoms with Gasteiger partial charge in [0, 0.05) is 17.3 Å². The fraction of sp³-hybridized carbons (Fsp3) is 0.0588. The summed E-state index contributed by atoms with van der Waals surface area (Å²) in [7, 11) is 0. The highest BCUT2D eigenvalue weighted by molar-refractivity contribution is 6.31. The first-order valence-corrected chi connectivity index (χ1v) is 7.51. The molecule has 0 aliphatic carbocycles. The van der Waals surface area contributed by atoms with Gasteiger partial charge < -0.3 is 10.6 Å². The maximum atomic E-state index is 12.7. The topological polar surface area (TPSA) is 54.0 Å². The van der Waals surface area contributed by atoms with E-state index in [0.29, 0.717) is 11.2 Å². The molecule has 128 valence electrons. The van der Waals surface area contributed by atoms with Gasteiger partial charge in [0.2, 0.25) is 0 Å². The summed E-state index contributed by atoms with van der Waals surface area (Å²) in [6, 6.07) is 11.3. The van der Waals surface area contributed by atoms with Gasteiger partial charge in [-0.3, -0.25) is 4.98 Å². The lowest BCUT2D eigenvalue weighted by molar-refractivity contribution is -0.137. The maximum Gasteiger partial charge on any atom is 0.417 e. The van der Waals surface area contributed by atoms with Crippen LogP contribution in [0, 0.1) is 0 Å². The van der Waals surface area contributed by atoms with Crippen LogP contribution in [0.5, 0.6) is 0 Å². The third-order valence-electron chi connectivity index (χ3n) is 3.43. The Morgan fingerprint density at radius 2 is 1.80 bits per heavy atom. The maximum absolute atomic E-state index is 12.7. The highest BCUT2D eigenvalue weighted by atomic mass is 35.5. The second-order valence-electron chi connectivity index (χ2n) is 5.15. The number of para-hydroxylation sites is 1. The van der Waals surface area contributed by atoms with Gasteiger partial charge in [-0.15, -0.1) is 0 Å². The van der Waals surface area contributed by atoms with Crippen molar-refractivity contribution in [2.45, 2.75) is 6.18 Å². The van der Waals surface area contributed by atoms with E-state index in [1.165, 1.54) is 0 Å². The number of aromatic nitrogens is 1. The fourth-order valence-electron chi connectivity index (χ4n) is 2.31. The minimum Gasteiger partial charge on any atom is -0.308 e. The smallest absolute Gasteiger partial charge is 0.308 e. The lowest BCUT2D eigenvalue weighted by Crippen LogP contribution is -2.19. The average Bonchev–Trinajstić information content (AvgIpc) is 2.54. The molecule has 0 spiro atoms. The van der Waals surface area contributed by atoms with Crippen molar-refractivity contribution >= 4 is 39.9 Å². The van der Waals surface area contributed by atoms with E-state index >= 15 is 0 Å². The van der Waals surface area contributed by atoms with Crippen molar-refractivity contribution in [3.8, 4) is 0 Å². The van der Waals surface area contributed by atoms with E-state index in [-0.39, 0.29) is 5.69 Å². The van der Waals surface area contributed by atoms with Gasteiger partial charge in [0.25, 0.3) is 0 Å². The van der Waals surface area contributed by atoms with E-state index in [2.05, 4.69) is 15.6 Å². The van der Waals surface area contributed by atoms with Crippen LogP contribution in [-0.4, -0.2) is 11.0 Å². The first-order valence-electron chi connectivity index (χ1n) is 7.13. The van der Waals surface area contributed by atoms with Crippen LogP contribution in [-0.2, 0) is 6.18 Å². The normalized spacial score (nSPS) is 11.4. The number of anilines is 2. The molecule has 0 bridgehead atoms. The van der Waals surface area contributed by atoms with Gasteiger partial charge in [-0.05, 0) is 30.3 Å². The molecule has 2 aromatic carbocycles. The van der Waals surface area contributed by atoms with Crippen LogP contribution in [0.1, 0.15) is 5.56 Å². The summed E-state index contributed by atoms with van der Waals surface area (Å²) in [4.78, 5) is 16.3. The first-order chi connectivity index (χ1) is 11.8. The molecule has 3 aromatic rings. The number of nitrogens with one attached hydrogen (secondary N) is 2. The Bertz CT molecular complexity index is 939. The van der Waals surface area contributed by atoms with Crippen LogP contribution in [0.4, 0.5) is 29.3 Å². The van der Waals surface area contributed by atoms with Crippen molar-refractivity contribution < 1.29 is 18.0 Å². The summed E-state index contributed by atoms with van der Waals surface area (Å²) in [6.07, 6.45) is -3.00. The molecule has 0 atom stereocenters. The van der Waals surface area contributed by atoms with Gasteiger partial charge in [0.15, 0.2) is 0 Å². The van der Waals surface area contributed by atoms with Crippen LogP contribution in [0.15, 0.2) is 54.7 Å². The first kappa shape index (κ1) is 17.0. The van der Waals surface area contributed by atoms with Crippen molar-refractivity contribution in [1.82, 2.24) is 4.98 Å². The quantitative estimate of drug-likeness (QED) is 0.625. The number of carbonyl (C=O) groups is 1. The molecule has 0 aliphatic rings. The number of rotatable bonds is 2. The molecular weight excluding hydrogens is 355 g/mol. The number of halogens is 4. The molecule has 25 heavy (non-hydrogen) atoms. The Hall–Kier alpha value is -2.80. The standard InChI is InChI=1S/C17H11ClF3N3O/c18-13-9-10(5-6-12(13)17(19,20)21)23-16(25)24-15-7-8-22-14-4-2-1-3-11(14)15/h1-9H,(H2,22,23,24,25). The van der Waals surface area contributed by atoms with Crippen molar-refractivity contribution in [2.24, 2.45) is 0 Å². The second-order valence-corrected chi connectivity index (χ2v) is 5.55. The van der Waals surface area contributed by atoms with Gasteiger partial charge in [0.05, 0.1) is 21.8 Å². The van der Waals surface area contributed by atoms with E-state index in [0.717, 1.165) is 23.6 Å². The Balaban J connectivity index is 1.78. The lowest BCUT2D eigenvalue weighted by atomic mass is 10.2. The zero-order chi connectivity index (χ0) is 18.0. The number of hydrogen-bond donors (Lipinski definition) is 2. The molecule has 0 saturated carbocycles. The van der Waals surface area contributed by atoms with Gasteiger partial charge in [-0.1, -0.05) is 29.8 Å². The molecule has 1 heterocycles. The lowest BCUT2D eigenvalue weighted by Gasteiger charge is -2.12. The Morgan fingerprint density at radius 1 is 1.04 bits per heavy atom. The van der Waals surface area contributed by atoms with Gasteiger partial charge in [0.1, 0.15) is 0 Å². The minimum absolute atomic E-state index is 0.147. The molecule has 2 amide bonds. The minimum atomic E-state index is -4.55.